The summed E-state index contributed by atoms with van der Waals surface area (Å²) in [6.45, 7) is 1.85. The van der Waals surface area contributed by atoms with E-state index in [0.717, 1.165) is 5.01 Å². The molecule has 6 heteroatoms. The van der Waals surface area contributed by atoms with Crippen LogP contribution < -0.4 is 5.32 Å². The molecule has 19 heavy (non-hydrogen) atoms. The van der Waals surface area contributed by atoms with Crippen LogP contribution in [0.5, 0.6) is 0 Å². The lowest BCUT2D eigenvalue weighted by Crippen LogP contribution is -2.26. The van der Waals surface area contributed by atoms with Gasteiger partial charge in [-0.1, -0.05) is 0 Å². The fourth-order valence-electron chi connectivity index (χ4n) is 1.55. The zero-order valence-electron chi connectivity index (χ0n) is 10.2. The van der Waals surface area contributed by atoms with E-state index in [1.54, 1.807) is 6.20 Å². The molecule has 5 nitrogen and oxygen atoms in total. The van der Waals surface area contributed by atoms with Crippen LogP contribution in [0.3, 0.4) is 0 Å². The number of carboxylic acid groups (broad SMARTS) is 1. The normalized spacial score (nSPS) is 11.8. The fraction of sp³-hybridized carbons (Fsp3) is 0.154. The van der Waals surface area contributed by atoms with Crippen LogP contribution in [0.2, 0.25) is 0 Å². The number of carbonyl (C=O) groups is 2. The molecule has 1 aromatic heterocycles. The molecule has 0 aliphatic heterocycles. The molecule has 0 fully saturated rings. The largest absolute Gasteiger partial charge is 0.478 e. The van der Waals surface area contributed by atoms with Crippen LogP contribution in [0.15, 0.2) is 35.8 Å². The van der Waals surface area contributed by atoms with Gasteiger partial charge in [-0.25, -0.2) is 9.78 Å². The van der Waals surface area contributed by atoms with Crippen LogP contribution in [0.25, 0.3) is 0 Å². The first-order valence-corrected chi connectivity index (χ1v) is 6.49. The van der Waals surface area contributed by atoms with E-state index in [1.165, 1.54) is 35.6 Å². The number of aromatic nitrogens is 1. The minimum Gasteiger partial charge on any atom is -0.478 e. The van der Waals surface area contributed by atoms with Crippen molar-refractivity contribution in [3.05, 3.63) is 52.0 Å². The molecule has 0 saturated carbocycles. The van der Waals surface area contributed by atoms with Gasteiger partial charge in [0.05, 0.1) is 11.6 Å². The summed E-state index contributed by atoms with van der Waals surface area (Å²) in [7, 11) is 0. The first-order chi connectivity index (χ1) is 9.08. The van der Waals surface area contributed by atoms with E-state index in [2.05, 4.69) is 10.3 Å². The fourth-order valence-corrected chi connectivity index (χ4v) is 2.20. The van der Waals surface area contributed by atoms with Gasteiger partial charge in [-0.05, 0) is 31.2 Å². The number of hydrogen-bond acceptors (Lipinski definition) is 4. The van der Waals surface area contributed by atoms with Crippen molar-refractivity contribution in [1.82, 2.24) is 10.3 Å². The lowest BCUT2D eigenvalue weighted by atomic mass is 10.1. The third-order valence-corrected chi connectivity index (χ3v) is 3.52. The molecule has 2 N–H and O–H groups in total. The average molecular weight is 276 g/mol. The van der Waals surface area contributed by atoms with E-state index in [1.807, 2.05) is 12.3 Å². The van der Waals surface area contributed by atoms with Gasteiger partial charge in [0.25, 0.3) is 5.91 Å². The number of carbonyl (C=O) groups excluding carboxylic acids is 1. The van der Waals surface area contributed by atoms with Crippen molar-refractivity contribution in [1.29, 1.82) is 0 Å². The number of hydrogen-bond donors (Lipinski definition) is 2. The van der Waals surface area contributed by atoms with Gasteiger partial charge in [-0.15, -0.1) is 11.3 Å². The number of nitrogens with one attached hydrogen (secondary N) is 1. The number of amides is 1. The van der Waals surface area contributed by atoms with Crippen molar-refractivity contribution < 1.29 is 14.7 Å². The summed E-state index contributed by atoms with van der Waals surface area (Å²) in [6, 6.07) is 5.63. The molecule has 1 amide bonds. The van der Waals surface area contributed by atoms with E-state index in [-0.39, 0.29) is 17.5 Å². The molecule has 1 aromatic carbocycles. The Balaban J connectivity index is 2.05. The maximum atomic E-state index is 11.9. The van der Waals surface area contributed by atoms with Crippen molar-refractivity contribution in [2.24, 2.45) is 0 Å². The highest BCUT2D eigenvalue weighted by molar-refractivity contribution is 7.09. The van der Waals surface area contributed by atoms with Crippen molar-refractivity contribution >= 4 is 23.2 Å². The Hall–Kier alpha value is -2.21. The SMILES string of the molecule is CC(NC(=O)c1ccc(C(=O)O)cc1)c1nccs1. The smallest absolute Gasteiger partial charge is 0.335 e. The number of rotatable bonds is 4. The number of benzene rings is 1. The molecule has 0 bridgehead atoms. The van der Waals surface area contributed by atoms with Crippen LogP contribution in [0, 0.1) is 0 Å². The van der Waals surface area contributed by atoms with Gasteiger partial charge in [0.1, 0.15) is 5.01 Å². The van der Waals surface area contributed by atoms with Gasteiger partial charge < -0.3 is 10.4 Å². The molecule has 0 radical (unpaired) electrons. The number of thiazole rings is 1. The molecular formula is C13H12N2O3S. The molecular weight excluding hydrogens is 264 g/mol. The topological polar surface area (TPSA) is 79.3 Å². The Kier molecular flexibility index (Phi) is 3.91. The minimum absolute atomic E-state index is 0.157. The lowest BCUT2D eigenvalue weighted by Gasteiger charge is -2.11. The van der Waals surface area contributed by atoms with Crippen LogP contribution in [-0.2, 0) is 0 Å². The maximum absolute atomic E-state index is 11.9. The Morgan fingerprint density at radius 2 is 1.89 bits per heavy atom. The van der Waals surface area contributed by atoms with Gasteiger partial charge in [0.2, 0.25) is 0 Å². The quantitative estimate of drug-likeness (QED) is 0.898. The van der Waals surface area contributed by atoms with E-state index in [0.29, 0.717) is 5.56 Å². The summed E-state index contributed by atoms with van der Waals surface area (Å²) < 4.78 is 0. The second-order valence-electron chi connectivity index (χ2n) is 3.95. The van der Waals surface area contributed by atoms with E-state index >= 15 is 0 Å². The molecule has 0 saturated heterocycles. The summed E-state index contributed by atoms with van der Waals surface area (Å²) in [6.07, 6.45) is 1.68. The third-order valence-electron chi connectivity index (χ3n) is 2.56. The number of nitrogens with zero attached hydrogens (tertiary/aromatic N) is 1. The molecule has 0 spiro atoms. The monoisotopic (exact) mass is 276 g/mol. The molecule has 98 valence electrons. The van der Waals surface area contributed by atoms with Gasteiger partial charge in [0.15, 0.2) is 0 Å². The highest BCUT2D eigenvalue weighted by atomic mass is 32.1. The minimum atomic E-state index is -1.01. The summed E-state index contributed by atoms with van der Waals surface area (Å²) in [5.41, 5.74) is 0.581. The Bertz CT molecular complexity index is 578. The van der Waals surface area contributed by atoms with Crippen molar-refractivity contribution in [2.45, 2.75) is 13.0 Å². The third kappa shape index (κ3) is 3.17. The first-order valence-electron chi connectivity index (χ1n) is 5.61. The van der Waals surface area contributed by atoms with Crippen molar-refractivity contribution in [3.8, 4) is 0 Å². The molecule has 2 rings (SSSR count). The Labute approximate surface area is 113 Å². The van der Waals surface area contributed by atoms with Crippen molar-refractivity contribution in [2.75, 3.05) is 0 Å². The number of aromatic carboxylic acids is 1. The second kappa shape index (κ2) is 5.62. The molecule has 0 aliphatic carbocycles. The van der Waals surface area contributed by atoms with Gasteiger partial charge in [-0.2, -0.15) is 0 Å². The van der Waals surface area contributed by atoms with Crippen molar-refractivity contribution in [3.63, 3.8) is 0 Å². The number of carboxylic acids is 1. The molecule has 1 atom stereocenters. The van der Waals surface area contributed by atoms with Crippen LogP contribution >= 0.6 is 11.3 Å². The molecule has 1 heterocycles. The summed E-state index contributed by atoms with van der Waals surface area (Å²) >= 11 is 1.47. The van der Waals surface area contributed by atoms with E-state index in [4.69, 9.17) is 5.11 Å². The molecule has 2 aromatic rings. The zero-order valence-corrected chi connectivity index (χ0v) is 11.0. The predicted molar refractivity (Wildman–Crippen MR) is 71.4 cm³/mol. The summed E-state index contributed by atoms with van der Waals surface area (Å²) in [5, 5.41) is 14.3. The summed E-state index contributed by atoms with van der Waals surface area (Å²) in [5.74, 6) is -1.26. The van der Waals surface area contributed by atoms with Crippen LogP contribution in [0.1, 0.15) is 38.7 Å². The highest BCUT2D eigenvalue weighted by Crippen LogP contribution is 2.15. The maximum Gasteiger partial charge on any atom is 0.335 e. The average Bonchev–Trinajstić information content (AvgIpc) is 2.92. The van der Waals surface area contributed by atoms with E-state index in [9.17, 15) is 9.59 Å². The molecule has 1 unspecified atom stereocenters. The lowest BCUT2D eigenvalue weighted by molar-refractivity contribution is 0.0696. The van der Waals surface area contributed by atoms with E-state index < -0.39 is 5.97 Å². The van der Waals surface area contributed by atoms with Gasteiger partial charge >= 0.3 is 5.97 Å². The Morgan fingerprint density at radius 3 is 2.42 bits per heavy atom. The first kappa shape index (κ1) is 13.2. The standard InChI is InChI=1S/C13H12N2O3S/c1-8(12-14-6-7-19-12)15-11(16)9-2-4-10(5-3-9)13(17)18/h2-8H,1H3,(H,15,16)(H,17,18). The highest BCUT2D eigenvalue weighted by Gasteiger charge is 2.13. The zero-order chi connectivity index (χ0) is 13.8. The second-order valence-corrected chi connectivity index (χ2v) is 4.87. The predicted octanol–water partition coefficient (Wildman–Crippen LogP) is 2.33. The summed E-state index contributed by atoms with van der Waals surface area (Å²) in [4.78, 5) is 26.8. The van der Waals surface area contributed by atoms with Crippen LogP contribution in [0.4, 0.5) is 0 Å². The van der Waals surface area contributed by atoms with Gasteiger partial charge in [0, 0.05) is 17.1 Å². The van der Waals surface area contributed by atoms with Gasteiger partial charge in [-0.3, -0.25) is 4.79 Å². The Morgan fingerprint density at radius 1 is 1.26 bits per heavy atom. The van der Waals surface area contributed by atoms with Crippen LogP contribution in [-0.4, -0.2) is 22.0 Å². The molecule has 0 aliphatic rings.